The van der Waals surface area contributed by atoms with E-state index < -0.39 is 0 Å². The summed E-state index contributed by atoms with van der Waals surface area (Å²) >= 11 is 0. The fraction of sp³-hybridized carbons (Fsp3) is 0.600. The minimum absolute atomic E-state index is 0. The van der Waals surface area contributed by atoms with Crippen LogP contribution >= 0.6 is 12.4 Å². The van der Waals surface area contributed by atoms with E-state index in [0.717, 1.165) is 13.1 Å². The number of aryl methyl sites for hydroxylation is 1. The first-order valence-electron chi connectivity index (χ1n) is 6.66. The molecule has 0 saturated carbocycles. The van der Waals surface area contributed by atoms with Gasteiger partial charge in [0.05, 0.1) is 0 Å². The fourth-order valence-electron chi connectivity index (χ4n) is 3.25. The Hall–Kier alpha value is -0.570. The van der Waals surface area contributed by atoms with Crippen molar-refractivity contribution >= 4 is 12.4 Å². The first-order valence-corrected chi connectivity index (χ1v) is 6.66. The average molecular weight is 267 g/mol. The molecule has 1 saturated heterocycles. The van der Waals surface area contributed by atoms with Crippen LogP contribution < -0.4 is 5.32 Å². The molecule has 2 aliphatic heterocycles. The Bertz CT molecular complexity index is 425. The summed E-state index contributed by atoms with van der Waals surface area (Å²) in [5.41, 5.74) is 4.95. The van der Waals surface area contributed by atoms with Crippen LogP contribution in [0.4, 0.5) is 0 Å². The van der Waals surface area contributed by atoms with Gasteiger partial charge in [-0.3, -0.25) is 4.90 Å². The van der Waals surface area contributed by atoms with E-state index in [1.165, 1.54) is 37.2 Å². The van der Waals surface area contributed by atoms with Crippen LogP contribution in [-0.2, 0) is 13.1 Å². The SMILES string of the molecule is Cc1ccc2c(c1)CN(CC1(C)CCNC1)C2.Cl. The molecule has 18 heavy (non-hydrogen) atoms. The molecule has 2 heterocycles. The van der Waals surface area contributed by atoms with Gasteiger partial charge in [-0.2, -0.15) is 0 Å². The topological polar surface area (TPSA) is 15.3 Å². The lowest BCUT2D eigenvalue weighted by Gasteiger charge is -2.28. The number of fused-ring (bicyclic) bond motifs is 1. The van der Waals surface area contributed by atoms with Gasteiger partial charge in [0.15, 0.2) is 0 Å². The van der Waals surface area contributed by atoms with Crippen molar-refractivity contribution in [1.29, 1.82) is 0 Å². The number of rotatable bonds is 2. The third-order valence-electron chi connectivity index (χ3n) is 4.21. The number of halogens is 1. The number of benzene rings is 1. The first kappa shape index (κ1) is 13.9. The maximum atomic E-state index is 3.49. The highest BCUT2D eigenvalue weighted by Gasteiger charge is 2.32. The summed E-state index contributed by atoms with van der Waals surface area (Å²) in [4.78, 5) is 2.61. The zero-order valence-corrected chi connectivity index (χ0v) is 12.1. The highest BCUT2D eigenvalue weighted by atomic mass is 35.5. The van der Waals surface area contributed by atoms with Gasteiger partial charge >= 0.3 is 0 Å². The summed E-state index contributed by atoms with van der Waals surface area (Å²) in [6.07, 6.45) is 1.32. The minimum Gasteiger partial charge on any atom is -0.316 e. The van der Waals surface area contributed by atoms with Crippen LogP contribution in [0, 0.1) is 12.3 Å². The van der Waals surface area contributed by atoms with E-state index >= 15 is 0 Å². The van der Waals surface area contributed by atoms with Crippen LogP contribution in [0.15, 0.2) is 18.2 Å². The lowest BCUT2D eigenvalue weighted by Crippen LogP contribution is -2.34. The van der Waals surface area contributed by atoms with E-state index in [1.807, 2.05) is 0 Å². The highest BCUT2D eigenvalue weighted by Crippen LogP contribution is 2.30. The smallest absolute Gasteiger partial charge is 0.0240 e. The van der Waals surface area contributed by atoms with Gasteiger partial charge in [0.1, 0.15) is 0 Å². The van der Waals surface area contributed by atoms with E-state index in [2.05, 4.69) is 42.3 Å². The molecule has 1 aromatic carbocycles. The van der Waals surface area contributed by atoms with Crippen LogP contribution in [-0.4, -0.2) is 24.5 Å². The summed E-state index contributed by atoms with van der Waals surface area (Å²) in [5.74, 6) is 0. The number of nitrogens with zero attached hydrogens (tertiary/aromatic N) is 1. The van der Waals surface area contributed by atoms with Crippen molar-refractivity contribution in [2.45, 2.75) is 33.4 Å². The number of hydrogen-bond acceptors (Lipinski definition) is 2. The zero-order chi connectivity index (χ0) is 11.9. The number of nitrogens with one attached hydrogen (secondary N) is 1. The summed E-state index contributed by atoms with van der Waals surface area (Å²) in [6.45, 7) is 10.5. The molecule has 0 aromatic heterocycles. The Labute approximate surface area is 116 Å². The van der Waals surface area contributed by atoms with Crippen molar-refractivity contribution in [3.63, 3.8) is 0 Å². The Morgan fingerprint density at radius 1 is 1.28 bits per heavy atom. The van der Waals surface area contributed by atoms with Crippen LogP contribution in [0.1, 0.15) is 30.0 Å². The Balaban J connectivity index is 0.00000120. The third kappa shape index (κ3) is 2.71. The second kappa shape index (κ2) is 5.20. The average Bonchev–Trinajstić information content (AvgIpc) is 2.84. The van der Waals surface area contributed by atoms with E-state index in [4.69, 9.17) is 0 Å². The minimum atomic E-state index is 0. The quantitative estimate of drug-likeness (QED) is 0.886. The Kier molecular flexibility index (Phi) is 4.00. The van der Waals surface area contributed by atoms with E-state index in [1.54, 1.807) is 5.56 Å². The van der Waals surface area contributed by atoms with E-state index in [0.29, 0.717) is 5.41 Å². The molecule has 3 rings (SSSR count). The molecule has 0 spiro atoms. The van der Waals surface area contributed by atoms with Gasteiger partial charge in [0.2, 0.25) is 0 Å². The molecule has 0 aliphatic carbocycles. The molecule has 2 aliphatic rings. The van der Waals surface area contributed by atoms with Gasteiger partial charge in [0.25, 0.3) is 0 Å². The van der Waals surface area contributed by atoms with E-state index in [9.17, 15) is 0 Å². The predicted molar refractivity (Wildman–Crippen MR) is 78.1 cm³/mol. The molecule has 1 fully saturated rings. The van der Waals surface area contributed by atoms with Crippen molar-refractivity contribution in [3.05, 3.63) is 34.9 Å². The monoisotopic (exact) mass is 266 g/mol. The van der Waals surface area contributed by atoms with E-state index in [-0.39, 0.29) is 12.4 Å². The maximum absolute atomic E-state index is 3.49. The van der Waals surface area contributed by atoms with Crippen molar-refractivity contribution in [2.24, 2.45) is 5.41 Å². The molecule has 2 nitrogen and oxygen atoms in total. The normalized spacial score (nSPS) is 27.0. The molecular weight excluding hydrogens is 244 g/mol. The second-order valence-corrected chi connectivity index (χ2v) is 6.15. The molecule has 0 bridgehead atoms. The summed E-state index contributed by atoms with van der Waals surface area (Å²) in [5, 5.41) is 3.49. The van der Waals surface area contributed by atoms with Gasteiger partial charge in [-0.15, -0.1) is 12.4 Å². The Morgan fingerprint density at radius 2 is 2.06 bits per heavy atom. The zero-order valence-electron chi connectivity index (χ0n) is 11.3. The maximum Gasteiger partial charge on any atom is 0.0240 e. The first-order chi connectivity index (χ1) is 8.15. The second-order valence-electron chi connectivity index (χ2n) is 6.15. The van der Waals surface area contributed by atoms with Gasteiger partial charge in [0, 0.05) is 26.2 Å². The largest absolute Gasteiger partial charge is 0.316 e. The lowest BCUT2D eigenvalue weighted by molar-refractivity contribution is 0.179. The Morgan fingerprint density at radius 3 is 2.78 bits per heavy atom. The summed E-state index contributed by atoms with van der Waals surface area (Å²) < 4.78 is 0. The van der Waals surface area contributed by atoms with Gasteiger partial charge < -0.3 is 5.32 Å². The van der Waals surface area contributed by atoms with Gasteiger partial charge in [-0.25, -0.2) is 0 Å². The molecular formula is C15H23ClN2. The molecule has 0 amide bonds. The van der Waals surface area contributed by atoms with Crippen molar-refractivity contribution in [1.82, 2.24) is 10.2 Å². The summed E-state index contributed by atoms with van der Waals surface area (Å²) in [7, 11) is 0. The standard InChI is InChI=1S/C15H22N2.ClH/c1-12-3-4-13-8-17(9-14(13)7-12)11-15(2)5-6-16-10-15;/h3-4,7,16H,5-6,8-11H2,1-2H3;1H. The molecule has 3 heteroatoms. The fourth-order valence-corrected chi connectivity index (χ4v) is 3.25. The third-order valence-corrected chi connectivity index (χ3v) is 4.21. The van der Waals surface area contributed by atoms with Crippen molar-refractivity contribution in [3.8, 4) is 0 Å². The summed E-state index contributed by atoms with van der Waals surface area (Å²) in [6, 6.07) is 6.89. The molecule has 100 valence electrons. The van der Waals surface area contributed by atoms with Crippen LogP contribution in [0.3, 0.4) is 0 Å². The van der Waals surface area contributed by atoms with Crippen molar-refractivity contribution in [2.75, 3.05) is 19.6 Å². The van der Waals surface area contributed by atoms with Gasteiger partial charge in [-0.1, -0.05) is 30.7 Å². The molecule has 0 radical (unpaired) electrons. The highest BCUT2D eigenvalue weighted by molar-refractivity contribution is 5.85. The van der Waals surface area contributed by atoms with Crippen LogP contribution in [0.5, 0.6) is 0 Å². The van der Waals surface area contributed by atoms with Crippen LogP contribution in [0.25, 0.3) is 0 Å². The molecule has 1 atom stereocenters. The predicted octanol–water partition coefficient (Wildman–Crippen LogP) is 2.73. The van der Waals surface area contributed by atoms with Crippen LogP contribution in [0.2, 0.25) is 0 Å². The number of hydrogen-bond donors (Lipinski definition) is 1. The molecule has 1 aromatic rings. The van der Waals surface area contributed by atoms with Gasteiger partial charge in [-0.05, 0) is 36.4 Å². The molecule has 1 N–H and O–H groups in total. The lowest BCUT2D eigenvalue weighted by atomic mass is 9.89. The van der Waals surface area contributed by atoms with Crippen molar-refractivity contribution < 1.29 is 0 Å². The molecule has 1 unspecified atom stereocenters.